The third-order valence-corrected chi connectivity index (χ3v) is 8.56. The number of carbonyl (C=O) groups is 1. The topological polar surface area (TPSA) is 108 Å². The summed E-state index contributed by atoms with van der Waals surface area (Å²) in [7, 11) is -3.79. The van der Waals surface area contributed by atoms with E-state index in [1.165, 1.54) is 0 Å². The molecular weight excluding hydrogens is 514 g/mol. The number of ether oxygens (including phenoxy) is 1. The predicted octanol–water partition coefficient (Wildman–Crippen LogP) is 4.67. The fraction of sp³-hybridized carbons (Fsp3) is 0.310. The Morgan fingerprint density at radius 3 is 2.44 bits per heavy atom. The Bertz CT molecular complexity index is 1500. The zero-order chi connectivity index (χ0) is 27.2. The number of carbonyl (C=O) groups excluding carboxylic acids is 1. The van der Waals surface area contributed by atoms with E-state index < -0.39 is 10.0 Å². The quantitative estimate of drug-likeness (QED) is 0.315. The van der Waals surface area contributed by atoms with Crippen LogP contribution in [0.1, 0.15) is 31.2 Å². The van der Waals surface area contributed by atoms with Gasteiger partial charge >= 0.3 is 6.09 Å². The highest BCUT2D eigenvalue weighted by Crippen LogP contribution is 2.29. The van der Waals surface area contributed by atoms with Crippen LogP contribution in [0.15, 0.2) is 84.0 Å². The Kier molecular flexibility index (Phi) is 8.13. The summed E-state index contributed by atoms with van der Waals surface area (Å²) in [6, 6.07) is 21.1. The summed E-state index contributed by atoms with van der Waals surface area (Å²) < 4.78 is 35.1. The summed E-state index contributed by atoms with van der Waals surface area (Å²) in [5.74, 6) is 0.848. The average molecular weight is 548 g/mol. The van der Waals surface area contributed by atoms with E-state index in [2.05, 4.69) is 31.7 Å². The minimum Gasteiger partial charge on any atom is -0.450 e. The summed E-state index contributed by atoms with van der Waals surface area (Å²) in [6.45, 7) is 4.16. The number of aromatic amines is 1. The smallest absolute Gasteiger partial charge is 0.409 e. The van der Waals surface area contributed by atoms with Gasteiger partial charge in [-0.25, -0.2) is 22.9 Å². The van der Waals surface area contributed by atoms with E-state index in [1.807, 2.05) is 48.5 Å². The minimum absolute atomic E-state index is 0.249. The molecule has 0 aliphatic carbocycles. The molecule has 5 rings (SSSR count). The molecule has 9 nitrogen and oxygen atoms in total. The van der Waals surface area contributed by atoms with Gasteiger partial charge in [-0.15, -0.1) is 0 Å². The normalized spacial score (nSPS) is 14.4. The van der Waals surface area contributed by atoms with Crippen LogP contribution in [-0.4, -0.2) is 55.1 Å². The molecule has 1 aliphatic rings. The number of aromatic nitrogens is 2. The molecule has 2 N–H and O–H groups in total. The van der Waals surface area contributed by atoms with Crippen molar-refractivity contribution in [3.63, 3.8) is 0 Å². The molecule has 0 spiro atoms. The number of hydrogen-bond donors (Lipinski definition) is 2. The van der Waals surface area contributed by atoms with Crippen molar-refractivity contribution in [1.29, 1.82) is 0 Å². The van der Waals surface area contributed by atoms with Gasteiger partial charge in [0.1, 0.15) is 5.82 Å². The van der Waals surface area contributed by atoms with Crippen LogP contribution < -0.4 is 9.62 Å². The highest BCUT2D eigenvalue weighted by Gasteiger charge is 2.28. The molecule has 39 heavy (non-hydrogen) atoms. The number of amides is 1. The fourth-order valence-corrected chi connectivity index (χ4v) is 6.55. The average Bonchev–Trinajstić information content (AvgIpc) is 3.47. The summed E-state index contributed by atoms with van der Waals surface area (Å²) in [6.07, 6.45) is 4.26. The number of anilines is 1. The molecule has 3 aromatic carbocycles. The Balaban J connectivity index is 1.38. The molecule has 10 heteroatoms. The number of imidazole rings is 1. The number of nitrogens with one attached hydrogen (secondary N) is 2. The second-order valence-corrected chi connectivity index (χ2v) is 11.3. The largest absolute Gasteiger partial charge is 0.450 e. The van der Waals surface area contributed by atoms with Gasteiger partial charge in [0.25, 0.3) is 0 Å². The van der Waals surface area contributed by atoms with Gasteiger partial charge in [0, 0.05) is 49.1 Å². The molecule has 1 saturated heterocycles. The van der Waals surface area contributed by atoms with Crippen LogP contribution in [0.3, 0.4) is 0 Å². The summed E-state index contributed by atoms with van der Waals surface area (Å²) >= 11 is 0. The lowest BCUT2D eigenvalue weighted by Gasteiger charge is -2.31. The molecule has 2 heterocycles. The number of para-hydroxylation sites is 1. The van der Waals surface area contributed by atoms with E-state index in [9.17, 15) is 13.2 Å². The summed E-state index contributed by atoms with van der Waals surface area (Å²) in [5, 5.41) is 1.57. The number of fused-ring (bicyclic) bond motifs is 1. The molecule has 0 atom stereocenters. The zero-order valence-corrected chi connectivity index (χ0v) is 22.7. The van der Waals surface area contributed by atoms with E-state index in [0.29, 0.717) is 51.0 Å². The summed E-state index contributed by atoms with van der Waals surface area (Å²) in [4.78, 5) is 23.7. The van der Waals surface area contributed by atoms with Crippen LogP contribution in [0.4, 0.5) is 10.5 Å². The molecular formula is C29H33N5O4S. The van der Waals surface area contributed by atoms with Gasteiger partial charge in [0.05, 0.1) is 18.0 Å². The van der Waals surface area contributed by atoms with Gasteiger partial charge in [-0.1, -0.05) is 48.5 Å². The monoisotopic (exact) mass is 547 g/mol. The first-order valence-corrected chi connectivity index (χ1v) is 14.7. The first-order chi connectivity index (χ1) is 18.9. The van der Waals surface area contributed by atoms with Gasteiger partial charge in [0.2, 0.25) is 10.0 Å². The molecule has 1 fully saturated rings. The van der Waals surface area contributed by atoms with Crippen molar-refractivity contribution in [2.24, 2.45) is 0 Å². The van der Waals surface area contributed by atoms with Crippen LogP contribution in [0, 0.1) is 0 Å². The van der Waals surface area contributed by atoms with Gasteiger partial charge in [0.15, 0.2) is 0 Å². The molecule has 4 aromatic rings. The van der Waals surface area contributed by atoms with Crippen molar-refractivity contribution in [3.8, 4) is 0 Å². The van der Waals surface area contributed by atoms with Crippen molar-refractivity contribution in [3.05, 3.63) is 90.5 Å². The molecule has 1 aliphatic heterocycles. The van der Waals surface area contributed by atoms with E-state index in [0.717, 1.165) is 22.5 Å². The first-order valence-electron chi connectivity index (χ1n) is 13.2. The number of H-pyrrole nitrogens is 1. The summed E-state index contributed by atoms with van der Waals surface area (Å²) in [5.41, 5.74) is 2.06. The molecule has 1 aromatic heterocycles. The van der Waals surface area contributed by atoms with Gasteiger partial charge in [-0.2, -0.15) is 0 Å². The molecule has 0 saturated carbocycles. The van der Waals surface area contributed by atoms with Crippen molar-refractivity contribution in [2.45, 2.75) is 43.8 Å². The van der Waals surface area contributed by atoms with Crippen molar-refractivity contribution in [2.75, 3.05) is 24.6 Å². The maximum atomic E-state index is 13.6. The second kappa shape index (κ2) is 11.9. The highest BCUT2D eigenvalue weighted by atomic mass is 32.2. The molecule has 1 amide bonds. The van der Waals surface area contributed by atoms with Crippen LogP contribution in [-0.2, 0) is 27.8 Å². The van der Waals surface area contributed by atoms with Crippen molar-refractivity contribution >= 4 is 32.6 Å². The SMILES string of the molecule is CCOC(=O)N1CCC(NS(=O)(=O)c2ccc(CN(Cc3ncc[nH]3)c3ccccc3)c3ccccc23)CC1. The Morgan fingerprint density at radius 2 is 1.74 bits per heavy atom. The Hall–Kier alpha value is -3.89. The van der Waals surface area contributed by atoms with Crippen LogP contribution in [0.5, 0.6) is 0 Å². The lowest BCUT2D eigenvalue weighted by atomic mass is 10.0. The Labute approximate surface area is 228 Å². The lowest BCUT2D eigenvalue weighted by Crippen LogP contribution is -2.46. The number of rotatable bonds is 9. The van der Waals surface area contributed by atoms with Crippen molar-refractivity contribution in [1.82, 2.24) is 19.6 Å². The molecule has 204 valence electrons. The fourth-order valence-electron chi connectivity index (χ4n) is 5.03. The zero-order valence-electron chi connectivity index (χ0n) is 21.9. The van der Waals surface area contributed by atoms with Gasteiger partial charge in [-0.05, 0) is 48.9 Å². The molecule has 0 radical (unpaired) electrons. The third-order valence-electron chi connectivity index (χ3n) is 6.98. The van der Waals surface area contributed by atoms with Crippen LogP contribution in [0.2, 0.25) is 0 Å². The third kappa shape index (κ3) is 6.23. The number of sulfonamides is 1. The van der Waals surface area contributed by atoms with E-state index in [-0.39, 0.29) is 17.0 Å². The molecule has 0 bridgehead atoms. The second-order valence-electron chi connectivity index (χ2n) is 9.58. The number of hydrogen-bond acceptors (Lipinski definition) is 6. The van der Waals surface area contributed by atoms with Crippen molar-refractivity contribution < 1.29 is 17.9 Å². The van der Waals surface area contributed by atoms with Gasteiger partial charge < -0.3 is 19.5 Å². The van der Waals surface area contributed by atoms with E-state index in [1.54, 1.807) is 30.3 Å². The van der Waals surface area contributed by atoms with Gasteiger partial charge in [-0.3, -0.25) is 0 Å². The number of piperidine rings is 1. The minimum atomic E-state index is -3.79. The predicted molar refractivity (Wildman–Crippen MR) is 151 cm³/mol. The number of nitrogens with zero attached hydrogens (tertiary/aromatic N) is 3. The highest BCUT2D eigenvalue weighted by molar-refractivity contribution is 7.89. The van der Waals surface area contributed by atoms with E-state index in [4.69, 9.17) is 4.74 Å². The number of likely N-dealkylation sites (tertiary alicyclic amines) is 1. The standard InChI is InChI=1S/C29H33N5O4S/c1-2-38-29(35)33-18-14-23(15-19-33)32-39(36,37)27-13-12-22(25-10-6-7-11-26(25)27)20-34(21-28-30-16-17-31-28)24-8-4-3-5-9-24/h3-13,16-17,23,32H,2,14-15,18-21H2,1H3,(H,30,31). The molecule has 0 unspecified atom stereocenters. The maximum Gasteiger partial charge on any atom is 0.409 e. The first kappa shape index (κ1) is 26.7. The van der Waals surface area contributed by atoms with Crippen LogP contribution >= 0.6 is 0 Å². The maximum absolute atomic E-state index is 13.6. The lowest BCUT2D eigenvalue weighted by molar-refractivity contribution is 0.0966. The van der Waals surface area contributed by atoms with E-state index >= 15 is 0 Å². The van der Waals surface area contributed by atoms with Crippen LogP contribution in [0.25, 0.3) is 10.8 Å². The number of benzene rings is 3. The Morgan fingerprint density at radius 1 is 1.03 bits per heavy atom.